The maximum Gasteiger partial charge on any atom is 0.126 e. The van der Waals surface area contributed by atoms with Crippen LogP contribution in [0, 0.1) is 5.82 Å². The van der Waals surface area contributed by atoms with Gasteiger partial charge < -0.3 is 10.5 Å². The monoisotopic (exact) mass is 305 g/mol. The van der Waals surface area contributed by atoms with Gasteiger partial charge in [-0.3, -0.25) is 0 Å². The molecule has 0 radical (unpaired) electrons. The summed E-state index contributed by atoms with van der Waals surface area (Å²) in [5.41, 5.74) is 8.03. The minimum atomic E-state index is -0.254. The van der Waals surface area contributed by atoms with E-state index in [1.807, 2.05) is 24.3 Å². The second kappa shape index (κ2) is 6.04. The quantitative estimate of drug-likeness (QED) is 0.933. The SMILES string of the molecule is NC(Cc1cc(Cl)ccc1F)C1CCOc2ccccc21. The van der Waals surface area contributed by atoms with E-state index in [4.69, 9.17) is 22.1 Å². The molecule has 0 spiro atoms. The van der Waals surface area contributed by atoms with Crippen LogP contribution >= 0.6 is 11.6 Å². The van der Waals surface area contributed by atoms with Crippen LogP contribution in [0.15, 0.2) is 42.5 Å². The summed E-state index contributed by atoms with van der Waals surface area (Å²) in [6, 6.07) is 12.3. The minimum absolute atomic E-state index is 0.164. The van der Waals surface area contributed by atoms with Crippen molar-refractivity contribution in [2.24, 2.45) is 5.73 Å². The molecule has 0 aromatic heterocycles. The molecule has 21 heavy (non-hydrogen) atoms. The van der Waals surface area contributed by atoms with Crippen molar-refractivity contribution in [1.82, 2.24) is 0 Å². The van der Waals surface area contributed by atoms with E-state index in [1.165, 1.54) is 6.07 Å². The summed E-state index contributed by atoms with van der Waals surface area (Å²) >= 11 is 5.94. The summed E-state index contributed by atoms with van der Waals surface area (Å²) in [4.78, 5) is 0. The molecule has 0 fully saturated rings. The lowest BCUT2D eigenvalue weighted by molar-refractivity contribution is 0.254. The topological polar surface area (TPSA) is 35.2 Å². The number of hydrogen-bond acceptors (Lipinski definition) is 2. The average molecular weight is 306 g/mol. The highest BCUT2D eigenvalue weighted by molar-refractivity contribution is 6.30. The first-order valence-corrected chi connectivity index (χ1v) is 7.44. The smallest absolute Gasteiger partial charge is 0.126 e. The number of nitrogens with two attached hydrogens (primary N) is 1. The summed E-state index contributed by atoms with van der Waals surface area (Å²) in [7, 11) is 0. The molecule has 0 saturated heterocycles. The zero-order valence-corrected chi connectivity index (χ0v) is 12.3. The maximum absolute atomic E-state index is 13.9. The molecule has 0 aliphatic carbocycles. The Labute approximate surface area is 128 Å². The summed E-state index contributed by atoms with van der Waals surface area (Å²) in [6.07, 6.45) is 1.31. The fraction of sp³-hybridized carbons (Fsp3) is 0.294. The van der Waals surface area contributed by atoms with Gasteiger partial charge in [-0.05, 0) is 48.2 Å². The molecule has 3 rings (SSSR count). The van der Waals surface area contributed by atoms with Crippen molar-refractivity contribution in [3.05, 3.63) is 64.4 Å². The van der Waals surface area contributed by atoms with Gasteiger partial charge in [-0.1, -0.05) is 29.8 Å². The molecule has 2 aromatic carbocycles. The van der Waals surface area contributed by atoms with E-state index in [1.54, 1.807) is 12.1 Å². The normalized spacial score (nSPS) is 18.7. The van der Waals surface area contributed by atoms with Gasteiger partial charge in [0, 0.05) is 17.0 Å². The van der Waals surface area contributed by atoms with Gasteiger partial charge in [0.15, 0.2) is 0 Å². The molecule has 1 heterocycles. The van der Waals surface area contributed by atoms with E-state index in [-0.39, 0.29) is 17.8 Å². The van der Waals surface area contributed by atoms with Crippen LogP contribution in [0.2, 0.25) is 5.02 Å². The van der Waals surface area contributed by atoms with Crippen LogP contribution in [0.1, 0.15) is 23.5 Å². The summed E-state index contributed by atoms with van der Waals surface area (Å²) in [6.45, 7) is 0.646. The van der Waals surface area contributed by atoms with Crippen molar-refractivity contribution in [3.63, 3.8) is 0 Å². The predicted octanol–water partition coefficient (Wildman–Crippen LogP) is 3.92. The van der Waals surface area contributed by atoms with Crippen LogP contribution in [0.5, 0.6) is 5.75 Å². The second-order valence-electron chi connectivity index (χ2n) is 5.39. The highest BCUT2D eigenvalue weighted by atomic mass is 35.5. The molecule has 2 aromatic rings. The van der Waals surface area contributed by atoms with Crippen molar-refractivity contribution in [2.45, 2.75) is 24.8 Å². The molecular weight excluding hydrogens is 289 g/mol. The van der Waals surface area contributed by atoms with Crippen LogP contribution < -0.4 is 10.5 Å². The third-order valence-corrected chi connectivity index (χ3v) is 4.22. The van der Waals surface area contributed by atoms with Crippen LogP contribution in [-0.4, -0.2) is 12.6 Å². The van der Waals surface area contributed by atoms with Gasteiger partial charge in [0.1, 0.15) is 11.6 Å². The Morgan fingerprint density at radius 3 is 2.95 bits per heavy atom. The van der Waals surface area contributed by atoms with E-state index in [0.29, 0.717) is 23.6 Å². The van der Waals surface area contributed by atoms with Gasteiger partial charge in [0.2, 0.25) is 0 Å². The zero-order chi connectivity index (χ0) is 14.8. The molecule has 1 aliphatic rings. The average Bonchev–Trinajstić information content (AvgIpc) is 2.50. The highest BCUT2D eigenvalue weighted by Crippen LogP contribution is 2.36. The van der Waals surface area contributed by atoms with Gasteiger partial charge in [-0.15, -0.1) is 0 Å². The van der Waals surface area contributed by atoms with Gasteiger partial charge >= 0.3 is 0 Å². The van der Waals surface area contributed by atoms with E-state index in [0.717, 1.165) is 17.7 Å². The molecule has 2 nitrogen and oxygen atoms in total. The Hall–Kier alpha value is -1.58. The van der Waals surface area contributed by atoms with Gasteiger partial charge in [0.25, 0.3) is 0 Å². The number of benzene rings is 2. The molecule has 0 bridgehead atoms. The van der Waals surface area contributed by atoms with Gasteiger partial charge in [-0.2, -0.15) is 0 Å². The first-order valence-electron chi connectivity index (χ1n) is 7.06. The van der Waals surface area contributed by atoms with Crippen molar-refractivity contribution >= 4 is 11.6 Å². The molecule has 4 heteroatoms. The van der Waals surface area contributed by atoms with Crippen LogP contribution in [0.25, 0.3) is 0 Å². The van der Waals surface area contributed by atoms with E-state index in [2.05, 4.69) is 0 Å². The summed E-state index contributed by atoms with van der Waals surface area (Å²) < 4.78 is 19.5. The predicted molar refractivity (Wildman–Crippen MR) is 82.4 cm³/mol. The Balaban J connectivity index is 1.83. The second-order valence-corrected chi connectivity index (χ2v) is 5.82. The maximum atomic E-state index is 13.9. The van der Waals surface area contributed by atoms with Crippen molar-refractivity contribution in [2.75, 3.05) is 6.61 Å². The number of fused-ring (bicyclic) bond motifs is 1. The molecular formula is C17H17ClFNO. The molecule has 110 valence electrons. The lowest BCUT2D eigenvalue weighted by atomic mass is 9.84. The third kappa shape index (κ3) is 3.04. The van der Waals surface area contributed by atoms with E-state index >= 15 is 0 Å². The minimum Gasteiger partial charge on any atom is -0.493 e. The first-order chi connectivity index (χ1) is 10.1. The van der Waals surface area contributed by atoms with Crippen LogP contribution in [0.4, 0.5) is 4.39 Å². The molecule has 2 atom stereocenters. The molecule has 1 aliphatic heterocycles. The van der Waals surface area contributed by atoms with Crippen molar-refractivity contribution in [3.8, 4) is 5.75 Å². The number of rotatable bonds is 3. The summed E-state index contributed by atoms with van der Waals surface area (Å²) in [5.74, 6) is 0.805. The summed E-state index contributed by atoms with van der Waals surface area (Å²) in [5, 5.41) is 0.533. The van der Waals surface area contributed by atoms with Crippen LogP contribution in [0.3, 0.4) is 0 Å². The first kappa shape index (κ1) is 14.4. The number of halogens is 2. The molecule has 0 amide bonds. The van der Waals surface area contributed by atoms with Crippen molar-refractivity contribution in [1.29, 1.82) is 0 Å². The Morgan fingerprint density at radius 1 is 1.29 bits per heavy atom. The van der Waals surface area contributed by atoms with Crippen molar-refractivity contribution < 1.29 is 9.13 Å². The van der Waals surface area contributed by atoms with Gasteiger partial charge in [0.05, 0.1) is 6.61 Å². The van der Waals surface area contributed by atoms with Gasteiger partial charge in [-0.25, -0.2) is 4.39 Å². The number of hydrogen-bond donors (Lipinski definition) is 1. The lowest BCUT2D eigenvalue weighted by Gasteiger charge is -2.30. The Kier molecular flexibility index (Phi) is 4.13. The number of ether oxygens (including phenoxy) is 1. The third-order valence-electron chi connectivity index (χ3n) is 3.99. The Bertz CT molecular complexity index is 646. The Morgan fingerprint density at radius 2 is 2.10 bits per heavy atom. The fourth-order valence-electron chi connectivity index (χ4n) is 2.91. The zero-order valence-electron chi connectivity index (χ0n) is 11.6. The molecule has 2 N–H and O–H groups in total. The number of para-hydroxylation sites is 1. The largest absolute Gasteiger partial charge is 0.493 e. The molecule has 2 unspecified atom stereocenters. The highest BCUT2D eigenvalue weighted by Gasteiger charge is 2.27. The van der Waals surface area contributed by atoms with E-state index < -0.39 is 0 Å². The molecule has 0 saturated carbocycles. The standard InChI is InChI=1S/C17H17ClFNO/c18-12-5-6-15(19)11(9-12)10-16(20)13-7-8-21-17-4-2-1-3-14(13)17/h1-6,9,13,16H,7-8,10,20H2. The fourth-order valence-corrected chi connectivity index (χ4v) is 3.10. The van der Waals surface area contributed by atoms with E-state index in [9.17, 15) is 4.39 Å². The lowest BCUT2D eigenvalue weighted by Crippen LogP contribution is -2.34. The van der Waals surface area contributed by atoms with Crippen LogP contribution in [-0.2, 0) is 6.42 Å².